The van der Waals surface area contributed by atoms with Crippen LogP contribution in [-0.2, 0) is 0 Å². The number of hydrogen-bond acceptors (Lipinski definition) is 7. The molecule has 1 aromatic carbocycles. The first-order chi connectivity index (χ1) is 14.1. The van der Waals surface area contributed by atoms with Crippen molar-refractivity contribution in [3.63, 3.8) is 0 Å². The molecule has 30 heavy (non-hydrogen) atoms. The van der Waals surface area contributed by atoms with E-state index < -0.39 is 16.4 Å². The van der Waals surface area contributed by atoms with E-state index in [0.717, 1.165) is 5.57 Å². The molecular formula is C22H28N2O6. The number of nitrogens with one attached hydrogen (secondary N) is 1. The van der Waals surface area contributed by atoms with E-state index in [0.29, 0.717) is 11.1 Å². The van der Waals surface area contributed by atoms with Crippen molar-refractivity contribution in [2.45, 2.75) is 20.8 Å². The van der Waals surface area contributed by atoms with Gasteiger partial charge in [-0.05, 0) is 26.3 Å². The predicted octanol–water partition coefficient (Wildman–Crippen LogP) is 4.38. The highest BCUT2D eigenvalue weighted by Crippen LogP contribution is 2.47. The molecule has 0 heterocycles. The predicted molar refractivity (Wildman–Crippen MR) is 117 cm³/mol. The van der Waals surface area contributed by atoms with Crippen molar-refractivity contribution in [1.82, 2.24) is 5.32 Å². The van der Waals surface area contributed by atoms with Crippen molar-refractivity contribution in [3.05, 3.63) is 69.0 Å². The van der Waals surface area contributed by atoms with Crippen LogP contribution in [0.1, 0.15) is 31.1 Å². The zero-order valence-corrected chi connectivity index (χ0v) is 18.4. The number of Topliss-reactive ketones (excluding diaryl/α,β-unsaturated/α-hetero) is 1. The van der Waals surface area contributed by atoms with Crippen molar-refractivity contribution < 1.29 is 23.9 Å². The molecule has 0 aliphatic carbocycles. The number of carbonyl (C=O) groups excluding carboxylic acids is 1. The van der Waals surface area contributed by atoms with Crippen LogP contribution in [0.5, 0.6) is 17.2 Å². The number of carbonyl (C=O) groups is 1. The number of allylic oxidation sites excluding steroid dienone is 6. The number of benzene rings is 1. The van der Waals surface area contributed by atoms with Gasteiger partial charge >= 0.3 is 5.69 Å². The van der Waals surface area contributed by atoms with Crippen LogP contribution in [0, 0.1) is 10.1 Å². The van der Waals surface area contributed by atoms with Crippen LogP contribution >= 0.6 is 0 Å². The zero-order valence-electron chi connectivity index (χ0n) is 18.4. The fourth-order valence-corrected chi connectivity index (χ4v) is 2.76. The quantitative estimate of drug-likeness (QED) is 0.199. The summed E-state index contributed by atoms with van der Waals surface area (Å²) in [5.74, 6) is -0.620. The van der Waals surface area contributed by atoms with Gasteiger partial charge < -0.3 is 19.5 Å². The fourth-order valence-electron chi connectivity index (χ4n) is 2.76. The van der Waals surface area contributed by atoms with Gasteiger partial charge in [-0.1, -0.05) is 29.9 Å². The van der Waals surface area contributed by atoms with Crippen molar-refractivity contribution >= 4 is 11.5 Å². The summed E-state index contributed by atoms with van der Waals surface area (Å²) in [4.78, 5) is 24.7. The highest BCUT2D eigenvalue weighted by atomic mass is 16.6. The Balaban J connectivity index is 3.91. The minimum Gasteiger partial charge on any atom is -0.493 e. The Labute approximate surface area is 176 Å². The lowest BCUT2D eigenvalue weighted by molar-refractivity contribution is -0.386. The van der Waals surface area contributed by atoms with Crippen LogP contribution in [-0.4, -0.2) is 39.1 Å². The Hall–Kier alpha value is -3.55. The van der Waals surface area contributed by atoms with Gasteiger partial charge in [0.05, 0.1) is 26.3 Å². The minimum atomic E-state index is -0.675. The molecule has 0 aromatic heterocycles. The van der Waals surface area contributed by atoms with Gasteiger partial charge in [-0.15, -0.1) is 0 Å². The summed E-state index contributed by atoms with van der Waals surface area (Å²) in [5.41, 5.74) is 1.69. The van der Waals surface area contributed by atoms with Crippen LogP contribution in [0.3, 0.4) is 0 Å². The molecule has 0 aliphatic heterocycles. The van der Waals surface area contributed by atoms with Crippen molar-refractivity contribution in [3.8, 4) is 17.2 Å². The Kier molecular flexibility index (Phi) is 8.85. The van der Waals surface area contributed by atoms with E-state index in [9.17, 15) is 14.9 Å². The minimum absolute atomic E-state index is 0.0302. The molecule has 0 amide bonds. The van der Waals surface area contributed by atoms with Crippen molar-refractivity contribution in [2.24, 2.45) is 0 Å². The number of nitrogens with zero attached hydrogens (tertiary/aromatic N) is 1. The molecule has 0 fully saturated rings. The van der Waals surface area contributed by atoms with Crippen molar-refractivity contribution in [1.29, 1.82) is 0 Å². The molecule has 1 rings (SSSR count). The Morgan fingerprint density at radius 1 is 1.07 bits per heavy atom. The van der Waals surface area contributed by atoms with Gasteiger partial charge in [0.2, 0.25) is 17.3 Å². The number of rotatable bonds is 10. The van der Waals surface area contributed by atoms with Crippen LogP contribution in [0.2, 0.25) is 0 Å². The number of ketones is 1. The summed E-state index contributed by atoms with van der Waals surface area (Å²) in [7, 11) is 5.60. The summed E-state index contributed by atoms with van der Waals surface area (Å²) in [6.07, 6.45) is 5.07. The molecule has 0 spiro atoms. The zero-order chi connectivity index (χ0) is 23.0. The highest BCUT2D eigenvalue weighted by molar-refractivity contribution is 6.15. The first-order valence-electron chi connectivity index (χ1n) is 9.05. The van der Waals surface area contributed by atoms with Gasteiger partial charge in [-0.3, -0.25) is 14.9 Å². The first-order valence-corrected chi connectivity index (χ1v) is 9.05. The molecule has 8 nitrogen and oxygen atoms in total. The molecule has 8 heteroatoms. The summed E-state index contributed by atoms with van der Waals surface area (Å²) in [6.45, 7) is 9.53. The topological polar surface area (TPSA) is 99.9 Å². The van der Waals surface area contributed by atoms with E-state index in [1.807, 2.05) is 19.9 Å². The third-order valence-electron chi connectivity index (χ3n) is 4.10. The van der Waals surface area contributed by atoms with E-state index >= 15 is 0 Å². The largest absolute Gasteiger partial charge is 0.493 e. The summed E-state index contributed by atoms with van der Waals surface area (Å²) in [6, 6.07) is 1.28. The standard InChI is InChI=1S/C22H28N2O6/c1-13(2)9-10-15(14(3)4)17(12-23-5)20(25)16-11-18(28-6)21(29-7)22(30-8)19(16)24(26)27/h9-12,23H,3H2,1-2,4-8H3/b15-10+,17-12+. The van der Waals surface area contributed by atoms with Gasteiger partial charge in [-0.25, -0.2) is 0 Å². The number of nitro benzene ring substituents is 1. The monoisotopic (exact) mass is 416 g/mol. The van der Waals surface area contributed by atoms with E-state index in [1.54, 1.807) is 20.0 Å². The van der Waals surface area contributed by atoms with Crippen LogP contribution in [0.15, 0.2) is 53.3 Å². The molecule has 0 unspecified atom stereocenters. The van der Waals surface area contributed by atoms with Gasteiger partial charge in [0, 0.05) is 24.9 Å². The Bertz CT molecular complexity index is 937. The Morgan fingerprint density at radius 2 is 1.67 bits per heavy atom. The molecule has 1 N–H and O–H groups in total. The second-order valence-electron chi connectivity index (χ2n) is 6.58. The lowest BCUT2D eigenvalue weighted by Gasteiger charge is -2.16. The number of nitro groups is 1. The molecule has 0 saturated heterocycles. The maximum Gasteiger partial charge on any atom is 0.326 e. The number of hydrogen-bond donors (Lipinski definition) is 1. The molecule has 0 bridgehead atoms. The maximum absolute atomic E-state index is 13.5. The first kappa shape index (κ1) is 24.5. The van der Waals surface area contributed by atoms with Crippen LogP contribution in [0.25, 0.3) is 0 Å². The van der Waals surface area contributed by atoms with Crippen LogP contribution in [0.4, 0.5) is 5.69 Å². The molecule has 0 radical (unpaired) electrons. The summed E-state index contributed by atoms with van der Waals surface area (Å²) >= 11 is 0. The third-order valence-corrected chi connectivity index (χ3v) is 4.10. The van der Waals surface area contributed by atoms with E-state index in [4.69, 9.17) is 14.2 Å². The Morgan fingerprint density at radius 3 is 2.07 bits per heavy atom. The average molecular weight is 416 g/mol. The van der Waals surface area contributed by atoms with Gasteiger partial charge in [0.25, 0.3) is 0 Å². The highest BCUT2D eigenvalue weighted by Gasteiger charge is 2.34. The molecule has 162 valence electrons. The lowest BCUT2D eigenvalue weighted by Crippen LogP contribution is -2.14. The fraction of sp³-hybridized carbons (Fsp3) is 0.318. The lowest BCUT2D eigenvalue weighted by atomic mass is 9.91. The molecule has 0 atom stereocenters. The van der Waals surface area contributed by atoms with Gasteiger partial charge in [0.15, 0.2) is 5.75 Å². The summed E-state index contributed by atoms with van der Waals surface area (Å²) in [5, 5.41) is 14.7. The average Bonchev–Trinajstić information content (AvgIpc) is 2.70. The van der Waals surface area contributed by atoms with Crippen LogP contribution < -0.4 is 19.5 Å². The van der Waals surface area contributed by atoms with Gasteiger partial charge in [0.1, 0.15) is 5.56 Å². The van der Waals surface area contributed by atoms with E-state index in [-0.39, 0.29) is 28.4 Å². The second kappa shape index (κ2) is 10.8. The van der Waals surface area contributed by atoms with Gasteiger partial charge in [-0.2, -0.15) is 0 Å². The number of methoxy groups -OCH3 is 3. The smallest absolute Gasteiger partial charge is 0.326 e. The molecule has 0 saturated carbocycles. The third kappa shape index (κ3) is 5.28. The molecular weight excluding hydrogens is 388 g/mol. The van der Waals surface area contributed by atoms with Crippen molar-refractivity contribution in [2.75, 3.05) is 28.4 Å². The molecule has 1 aromatic rings. The maximum atomic E-state index is 13.5. The van der Waals surface area contributed by atoms with E-state index in [1.165, 1.54) is 33.6 Å². The van der Waals surface area contributed by atoms with E-state index in [2.05, 4.69) is 11.9 Å². The second-order valence-corrected chi connectivity index (χ2v) is 6.58. The summed E-state index contributed by atoms with van der Waals surface area (Å²) < 4.78 is 15.7. The molecule has 0 aliphatic rings. The SMILES string of the molecule is C=C(C)C(=C\C=C(C)C)/C(=C\NC)C(=O)c1cc(OC)c(OC)c(OC)c1[N+](=O)[O-]. The normalized spacial score (nSPS) is 11.4. The number of ether oxygens (including phenoxy) is 3.